The molecule has 5 nitrogen and oxygen atoms in total. The fourth-order valence-electron chi connectivity index (χ4n) is 3.69. The zero-order valence-corrected chi connectivity index (χ0v) is 15.4. The summed E-state index contributed by atoms with van der Waals surface area (Å²) in [4.78, 5) is 25.2. The molecule has 0 aliphatic heterocycles. The Morgan fingerprint density at radius 1 is 1.24 bits per heavy atom. The van der Waals surface area contributed by atoms with Crippen LogP contribution in [-0.4, -0.2) is 31.0 Å². The second-order valence-corrected chi connectivity index (χ2v) is 7.45. The van der Waals surface area contributed by atoms with Gasteiger partial charge in [0.05, 0.1) is 12.5 Å². The van der Waals surface area contributed by atoms with Crippen LogP contribution in [0.15, 0.2) is 18.2 Å². The largest absolute Gasteiger partial charge is 0.496 e. The van der Waals surface area contributed by atoms with Gasteiger partial charge in [-0.15, -0.1) is 0 Å². The third-order valence-electron chi connectivity index (χ3n) is 5.59. The van der Waals surface area contributed by atoms with E-state index in [9.17, 15) is 9.59 Å². The van der Waals surface area contributed by atoms with Crippen molar-refractivity contribution in [3.8, 4) is 5.75 Å². The van der Waals surface area contributed by atoms with Crippen LogP contribution in [0.1, 0.15) is 56.6 Å². The molecule has 1 unspecified atom stereocenters. The predicted octanol–water partition coefficient (Wildman–Crippen LogP) is 2.60. The van der Waals surface area contributed by atoms with E-state index in [2.05, 4.69) is 10.6 Å². The van der Waals surface area contributed by atoms with Gasteiger partial charge in [0.25, 0.3) is 0 Å². The Labute approximate surface area is 149 Å². The number of aryl methyl sites for hydroxylation is 1. The lowest BCUT2D eigenvalue weighted by molar-refractivity contribution is -0.130. The Balaban J connectivity index is 1.64. The van der Waals surface area contributed by atoms with Gasteiger partial charge in [0, 0.05) is 6.04 Å². The van der Waals surface area contributed by atoms with Gasteiger partial charge in [0.2, 0.25) is 11.8 Å². The van der Waals surface area contributed by atoms with E-state index in [1.807, 2.05) is 25.1 Å². The minimum atomic E-state index is -0.516. The lowest BCUT2D eigenvalue weighted by atomic mass is 9.93. The Morgan fingerprint density at radius 2 is 1.92 bits per heavy atom. The molecule has 136 valence electrons. The number of methoxy groups -OCH3 is 1. The zero-order chi connectivity index (χ0) is 18.0. The van der Waals surface area contributed by atoms with Gasteiger partial charge in [-0.05, 0) is 56.7 Å². The fourth-order valence-corrected chi connectivity index (χ4v) is 3.69. The van der Waals surface area contributed by atoms with E-state index in [1.165, 1.54) is 12.8 Å². The highest BCUT2D eigenvalue weighted by Gasteiger charge is 2.52. The maximum absolute atomic E-state index is 12.8. The minimum Gasteiger partial charge on any atom is -0.496 e. The third kappa shape index (κ3) is 3.65. The fraction of sp³-hybridized carbons (Fsp3) is 0.600. The van der Waals surface area contributed by atoms with E-state index in [1.54, 1.807) is 14.0 Å². The van der Waals surface area contributed by atoms with Crippen molar-refractivity contribution < 1.29 is 14.3 Å². The highest BCUT2D eigenvalue weighted by Crippen LogP contribution is 2.49. The average Bonchev–Trinajstić information content (AvgIpc) is 3.26. The number of benzene rings is 1. The van der Waals surface area contributed by atoms with Crippen molar-refractivity contribution in [1.29, 1.82) is 0 Å². The number of rotatable bonds is 6. The van der Waals surface area contributed by atoms with E-state index in [0.29, 0.717) is 0 Å². The first-order valence-electron chi connectivity index (χ1n) is 9.23. The molecule has 2 amide bonds. The molecule has 2 saturated carbocycles. The molecule has 0 radical (unpaired) electrons. The van der Waals surface area contributed by atoms with Gasteiger partial charge in [0.15, 0.2) is 0 Å². The molecule has 1 aromatic carbocycles. The topological polar surface area (TPSA) is 67.4 Å². The number of carbonyl (C=O) groups is 2. The Hall–Kier alpha value is -2.04. The molecule has 3 rings (SSSR count). The van der Waals surface area contributed by atoms with Crippen LogP contribution in [0.3, 0.4) is 0 Å². The molecule has 0 bridgehead atoms. The number of carbonyl (C=O) groups excluding carboxylic acids is 2. The Bertz CT molecular complexity index is 661. The quantitative estimate of drug-likeness (QED) is 0.833. The summed E-state index contributed by atoms with van der Waals surface area (Å²) in [5, 5.41) is 5.96. The van der Waals surface area contributed by atoms with Crippen LogP contribution in [0.4, 0.5) is 0 Å². The molecule has 1 atom stereocenters. The summed E-state index contributed by atoms with van der Waals surface area (Å²) in [7, 11) is 1.64. The summed E-state index contributed by atoms with van der Waals surface area (Å²) in [5.74, 6) is 0.647. The first-order chi connectivity index (χ1) is 12.0. The Kier molecular flexibility index (Phi) is 5.02. The van der Waals surface area contributed by atoms with Crippen LogP contribution in [0.2, 0.25) is 0 Å². The molecular formula is C20H28N2O3. The SMILES string of the molecule is COc1cc(C2(C(=O)NC(C)C(=O)NC3CCCC3)CC2)ccc1C. The molecule has 0 spiro atoms. The Morgan fingerprint density at radius 3 is 2.52 bits per heavy atom. The highest BCUT2D eigenvalue weighted by atomic mass is 16.5. The number of ether oxygens (including phenoxy) is 1. The average molecular weight is 344 g/mol. The van der Waals surface area contributed by atoms with Gasteiger partial charge in [-0.2, -0.15) is 0 Å². The van der Waals surface area contributed by atoms with E-state index in [4.69, 9.17) is 4.74 Å². The van der Waals surface area contributed by atoms with E-state index >= 15 is 0 Å². The molecule has 2 fully saturated rings. The number of nitrogens with one attached hydrogen (secondary N) is 2. The maximum Gasteiger partial charge on any atom is 0.242 e. The van der Waals surface area contributed by atoms with Crippen molar-refractivity contribution in [3.63, 3.8) is 0 Å². The van der Waals surface area contributed by atoms with Gasteiger partial charge < -0.3 is 15.4 Å². The second-order valence-electron chi connectivity index (χ2n) is 7.45. The lowest BCUT2D eigenvalue weighted by Gasteiger charge is -2.22. The van der Waals surface area contributed by atoms with Crippen LogP contribution < -0.4 is 15.4 Å². The number of hydrogen-bond donors (Lipinski definition) is 2. The van der Waals surface area contributed by atoms with Crippen molar-refractivity contribution in [3.05, 3.63) is 29.3 Å². The van der Waals surface area contributed by atoms with E-state index < -0.39 is 11.5 Å². The van der Waals surface area contributed by atoms with Crippen LogP contribution in [0.5, 0.6) is 5.75 Å². The van der Waals surface area contributed by atoms with Crippen LogP contribution in [0, 0.1) is 6.92 Å². The normalized spacial score (nSPS) is 20.0. The van der Waals surface area contributed by atoms with Gasteiger partial charge in [0.1, 0.15) is 11.8 Å². The molecule has 5 heteroatoms. The molecule has 2 aliphatic rings. The smallest absolute Gasteiger partial charge is 0.242 e. The summed E-state index contributed by atoms with van der Waals surface area (Å²) in [6.45, 7) is 3.74. The second kappa shape index (κ2) is 7.06. The maximum atomic E-state index is 12.8. The molecule has 1 aromatic rings. The van der Waals surface area contributed by atoms with Gasteiger partial charge in [-0.25, -0.2) is 0 Å². The molecule has 0 aromatic heterocycles. The van der Waals surface area contributed by atoms with Crippen molar-refractivity contribution in [1.82, 2.24) is 10.6 Å². The summed E-state index contributed by atoms with van der Waals surface area (Å²) in [5.41, 5.74) is 1.51. The predicted molar refractivity (Wildman–Crippen MR) is 96.6 cm³/mol. The van der Waals surface area contributed by atoms with E-state index in [-0.39, 0.29) is 17.9 Å². The van der Waals surface area contributed by atoms with Crippen LogP contribution >= 0.6 is 0 Å². The van der Waals surface area contributed by atoms with Crippen molar-refractivity contribution >= 4 is 11.8 Å². The molecule has 2 N–H and O–H groups in total. The molecule has 2 aliphatic carbocycles. The van der Waals surface area contributed by atoms with Crippen LogP contribution in [0.25, 0.3) is 0 Å². The first-order valence-corrected chi connectivity index (χ1v) is 9.23. The van der Waals surface area contributed by atoms with Gasteiger partial charge in [-0.3, -0.25) is 9.59 Å². The summed E-state index contributed by atoms with van der Waals surface area (Å²) >= 11 is 0. The van der Waals surface area contributed by atoms with Crippen LogP contribution in [-0.2, 0) is 15.0 Å². The third-order valence-corrected chi connectivity index (χ3v) is 5.59. The molecule has 0 heterocycles. The molecule has 0 saturated heterocycles. The zero-order valence-electron chi connectivity index (χ0n) is 15.4. The summed E-state index contributed by atoms with van der Waals surface area (Å²) in [6, 6.07) is 5.68. The molecule has 25 heavy (non-hydrogen) atoms. The highest BCUT2D eigenvalue weighted by molar-refractivity contribution is 5.95. The van der Waals surface area contributed by atoms with Crippen molar-refractivity contribution in [2.75, 3.05) is 7.11 Å². The minimum absolute atomic E-state index is 0.0625. The number of amides is 2. The summed E-state index contributed by atoms with van der Waals surface area (Å²) in [6.07, 6.45) is 6.04. The molecular weight excluding hydrogens is 316 g/mol. The number of hydrogen-bond acceptors (Lipinski definition) is 3. The van der Waals surface area contributed by atoms with Gasteiger partial charge in [-0.1, -0.05) is 25.0 Å². The van der Waals surface area contributed by atoms with Crippen molar-refractivity contribution in [2.45, 2.75) is 69.9 Å². The van der Waals surface area contributed by atoms with Crippen molar-refractivity contribution in [2.24, 2.45) is 0 Å². The lowest BCUT2D eigenvalue weighted by Crippen LogP contribution is -2.50. The first kappa shape index (κ1) is 17.8. The van der Waals surface area contributed by atoms with E-state index in [0.717, 1.165) is 42.6 Å². The van der Waals surface area contributed by atoms with Gasteiger partial charge >= 0.3 is 0 Å². The standard InChI is InChI=1S/C20H28N2O3/c1-13-8-9-15(12-17(13)25-3)20(10-11-20)19(24)21-14(2)18(23)22-16-6-4-5-7-16/h8-9,12,14,16H,4-7,10-11H2,1-3H3,(H,21,24)(H,22,23). The monoisotopic (exact) mass is 344 g/mol. The summed E-state index contributed by atoms with van der Waals surface area (Å²) < 4.78 is 5.39.